The Morgan fingerprint density at radius 3 is 2.29 bits per heavy atom. The van der Waals surface area contributed by atoms with E-state index in [0.29, 0.717) is 63.6 Å². The van der Waals surface area contributed by atoms with Crippen LogP contribution in [0.5, 0.6) is 11.5 Å². The highest BCUT2D eigenvalue weighted by Gasteiger charge is 2.24. The lowest BCUT2D eigenvalue weighted by atomic mass is 10.1. The van der Waals surface area contributed by atoms with Crippen LogP contribution in [0.15, 0.2) is 90.0 Å². The lowest BCUT2D eigenvalue weighted by Gasteiger charge is -2.36. The number of aryl methyl sites for hydroxylation is 1. The van der Waals surface area contributed by atoms with E-state index in [-0.39, 0.29) is 29.4 Å². The highest BCUT2D eigenvalue weighted by Crippen LogP contribution is 2.25. The average Bonchev–Trinajstić information content (AvgIpc) is 3.38. The lowest BCUT2D eigenvalue weighted by Crippen LogP contribution is -2.46. The van der Waals surface area contributed by atoms with Crippen molar-refractivity contribution in [2.75, 3.05) is 90.7 Å². The predicted octanol–water partition coefficient (Wildman–Crippen LogP) is 5.45. The molecule has 0 aliphatic carbocycles. The number of fused-ring (bicyclic) bond motifs is 1. The van der Waals surface area contributed by atoms with Crippen molar-refractivity contribution in [2.24, 2.45) is 0 Å². The molecule has 8 rings (SSSR count). The monoisotopic (exact) mass is 930 g/mol. The number of carbonyl (C=O) groups is 3. The molecule has 3 aliphatic heterocycles. The SMILES string of the molecule is CCOc1cc(OC)ccc1CNCC(=O)N1CCCCC1.CCc1cc2ncc(CN3CCN(c4ccc(C(=O)NCCOC5CCN(C(=O)c6ccccc6)CC5)nc4)CC3)cc2[nH]c1=O. The summed E-state index contributed by atoms with van der Waals surface area (Å²) >= 11 is 0. The van der Waals surface area contributed by atoms with Crippen LogP contribution in [0.4, 0.5) is 5.69 Å². The number of nitrogens with zero attached hydrogens (tertiary/aromatic N) is 6. The number of rotatable bonds is 17. The van der Waals surface area contributed by atoms with Gasteiger partial charge in [0.2, 0.25) is 5.91 Å². The van der Waals surface area contributed by atoms with Gasteiger partial charge in [-0.2, -0.15) is 0 Å². The summed E-state index contributed by atoms with van der Waals surface area (Å²) in [5, 5.41) is 6.12. The molecule has 3 amide bonds. The van der Waals surface area contributed by atoms with Crippen LogP contribution in [0.25, 0.3) is 11.0 Å². The number of likely N-dealkylation sites (tertiary alicyclic amines) is 2. The van der Waals surface area contributed by atoms with Crippen molar-refractivity contribution in [1.29, 1.82) is 0 Å². The van der Waals surface area contributed by atoms with Crippen molar-refractivity contribution in [3.05, 3.63) is 123 Å². The molecule has 362 valence electrons. The first-order valence-corrected chi connectivity index (χ1v) is 24.2. The van der Waals surface area contributed by atoms with Gasteiger partial charge in [-0.1, -0.05) is 31.2 Å². The number of anilines is 1. The van der Waals surface area contributed by atoms with E-state index in [4.69, 9.17) is 14.2 Å². The number of carbonyl (C=O) groups excluding carboxylic acids is 3. The second kappa shape index (κ2) is 25.1. The van der Waals surface area contributed by atoms with Gasteiger partial charge in [0, 0.05) is 101 Å². The van der Waals surface area contributed by atoms with Gasteiger partial charge >= 0.3 is 0 Å². The zero-order chi connectivity index (χ0) is 47.7. The number of ether oxygens (including phenoxy) is 3. The zero-order valence-corrected chi connectivity index (χ0v) is 39.8. The first-order chi connectivity index (χ1) is 33.2. The lowest BCUT2D eigenvalue weighted by molar-refractivity contribution is -0.131. The number of pyridine rings is 3. The molecular weight excluding hydrogens is 863 g/mol. The normalized spacial score (nSPS) is 15.7. The molecule has 0 spiro atoms. The molecular formula is C52H67N9O7. The summed E-state index contributed by atoms with van der Waals surface area (Å²) in [5.41, 5.74) is 6.49. The molecule has 3 aliphatic rings. The number of amides is 3. The zero-order valence-electron chi connectivity index (χ0n) is 39.8. The minimum atomic E-state index is -0.223. The Morgan fingerprint density at radius 2 is 1.59 bits per heavy atom. The number of H-pyrrole nitrogens is 1. The first-order valence-electron chi connectivity index (χ1n) is 24.2. The summed E-state index contributed by atoms with van der Waals surface area (Å²) in [4.78, 5) is 70.1. The summed E-state index contributed by atoms with van der Waals surface area (Å²) < 4.78 is 16.8. The smallest absolute Gasteiger partial charge is 0.269 e. The fourth-order valence-corrected chi connectivity index (χ4v) is 8.77. The molecule has 0 saturated carbocycles. The summed E-state index contributed by atoms with van der Waals surface area (Å²) in [7, 11) is 1.64. The van der Waals surface area contributed by atoms with E-state index in [1.54, 1.807) is 19.4 Å². The number of aromatic nitrogens is 3. The maximum atomic E-state index is 12.7. The number of hydrogen-bond acceptors (Lipinski definition) is 12. The molecule has 2 aromatic carbocycles. The quantitative estimate of drug-likeness (QED) is 0.101. The minimum absolute atomic E-state index is 0.0457. The Morgan fingerprint density at radius 1 is 0.809 bits per heavy atom. The number of methoxy groups -OCH3 is 1. The maximum Gasteiger partial charge on any atom is 0.269 e. The van der Waals surface area contributed by atoms with E-state index in [2.05, 4.69) is 35.4 Å². The Kier molecular flexibility index (Phi) is 18.3. The second-order valence-electron chi connectivity index (χ2n) is 17.4. The minimum Gasteiger partial charge on any atom is -0.497 e. The van der Waals surface area contributed by atoms with Gasteiger partial charge in [-0.15, -0.1) is 0 Å². The van der Waals surface area contributed by atoms with Gasteiger partial charge in [-0.25, -0.2) is 4.98 Å². The van der Waals surface area contributed by atoms with Crippen molar-refractivity contribution >= 4 is 34.4 Å². The molecule has 0 radical (unpaired) electrons. The van der Waals surface area contributed by atoms with Crippen LogP contribution < -0.4 is 30.6 Å². The van der Waals surface area contributed by atoms with E-state index >= 15 is 0 Å². The molecule has 68 heavy (non-hydrogen) atoms. The first kappa shape index (κ1) is 49.5. The second-order valence-corrected chi connectivity index (χ2v) is 17.4. The van der Waals surface area contributed by atoms with Crippen LogP contribution in [-0.4, -0.2) is 139 Å². The van der Waals surface area contributed by atoms with Crippen molar-refractivity contribution in [1.82, 2.24) is 40.3 Å². The molecule has 6 heterocycles. The Hall–Kier alpha value is -6.36. The van der Waals surface area contributed by atoms with Crippen molar-refractivity contribution in [2.45, 2.75) is 71.6 Å². The summed E-state index contributed by atoms with van der Waals surface area (Å²) in [6.07, 6.45) is 9.48. The predicted molar refractivity (Wildman–Crippen MR) is 263 cm³/mol. The third kappa shape index (κ3) is 13.9. The highest BCUT2D eigenvalue weighted by atomic mass is 16.5. The fourth-order valence-electron chi connectivity index (χ4n) is 8.77. The van der Waals surface area contributed by atoms with Crippen molar-refractivity contribution < 1.29 is 28.6 Å². The van der Waals surface area contributed by atoms with E-state index in [1.807, 2.05) is 96.6 Å². The Labute approximate surface area is 399 Å². The molecule has 0 bridgehead atoms. The van der Waals surface area contributed by atoms with Gasteiger partial charge in [0.1, 0.15) is 17.2 Å². The summed E-state index contributed by atoms with van der Waals surface area (Å²) in [6.45, 7) is 13.7. The third-order valence-electron chi connectivity index (χ3n) is 12.7. The fraction of sp³-hybridized carbons (Fsp3) is 0.462. The van der Waals surface area contributed by atoms with Crippen LogP contribution in [-0.2, 0) is 29.0 Å². The number of nitrogens with one attached hydrogen (secondary N) is 3. The molecule has 0 atom stereocenters. The van der Waals surface area contributed by atoms with E-state index in [0.717, 1.165) is 116 Å². The van der Waals surface area contributed by atoms with Gasteiger partial charge in [-0.3, -0.25) is 29.1 Å². The molecule has 3 fully saturated rings. The van der Waals surface area contributed by atoms with Crippen LogP contribution in [0.1, 0.15) is 83.5 Å². The Balaban J connectivity index is 0.000000261. The topological polar surface area (TPSA) is 175 Å². The van der Waals surface area contributed by atoms with Crippen LogP contribution in [0.3, 0.4) is 0 Å². The maximum absolute atomic E-state index is 12.7. The van der Waals surface area contributed by atoms with E-state index < -0.39 is 0 Å². The van der Waals surface area contributed by atoms with Crippen molar-refractivity contribution in [3.63, 3.8) is 0 Å². The molecule has 0 unspecified atom stereocenters. The van der Waals surface area contributed by atoms with Crippen molar-refractivity contribution in [3.8, 4) is 11.5 Å². The molecule has 16 nitrogen and oxygen atoms in total. The molecule has 3 N–H and O–H groups in total. The molecule has 16 heteroatoms. The summed E-state index contributed by atoms with van der Waals surface area (Å²) in [5.74, 6) is 1.61. The van der Waals surface area contributed by atoms with Gasteiger partial charge in [0.05, 0.1) is 55.9 Å². The Bertz CT molecular complexity index is 2460. The van der Waals surface area contributed by atoms with E-state index in [9.17, 15) is 19.2 Å². The largest absolute Gasteiger partial charge is 0.497 e. The summed E-state index contributed by atoms with van der Waals surface area (Å²) in [6, 6.07) is 22.7. The van der Waals surface area contributed by atoms with Crippen LogP contribution in [0, 0.1) is 0 Å². The number of aromatic amines is 1. The number of hydrogen-bond donors (Lipinski definition) is 3. The van der Waals surface area contributed by atoms with Gasteiger partial charge < -0.3 is 44.5 Å². The number of piperidine rings is 2. The molecule has 5 aromatic rings. The number of benzene rings is 2. The van der Waals surface area contributed by atoms with Gasteiger partial charge in [0.15, 0.2) is 0 Å². The van der Waals surface area contributed by atoms with Gasteiger partial charge in [-0.05, 0) is 93.5 Å². The molecule has 3 aromatic heterocycles. The van der Waals surface area contributed by atoms with Crippen LogP contribution >= 0.6 is 0 Å². The van der Waals surface area contributed by atoms with E-state index in [1.165, 1.54) is 6.42 Å². The van der Waals surface area contributed by atoms with Crippen LogP contribution in [0.2, 0.25) is 0 Å². The standard InChI is InChI=1S/C35H41N7O4.C17H26N2O3/c1-2-26-21-31-32(39-33(26)43)20-25(22-37-31)24-40-15-17-41(18-16-40)28-8-9-30(38-23-28)34(44)36-12-19-46-29-10-13-42(14-11-29)35(45)27-6-4-3-5-7-27;1-3-22-16-11-15(21-2)8-7-14(16)12-18-13-17(20)19-9-5-4-6-10-19/h3-9,20-23,29H,2,10-19,24H2,1H3,(H,36,44)(H,39,43);7-8,11,18H,3-6,9-10,12-13H2,1-2H3. The average molecular weight is 930 g/mol. The highest BCUT2D eigenvalue weighted by molar-refractivity contribution is 5.94. The van der Waals surface area contributed by atoms with Gasteiger partial charge in [0.25, 0.3) is 17.4 Å². The number of piperazine rings is 1. The third-order valence-corrected chi connectivity index (χ3v) is 12.7. The molecule has 3 saturated heterocycles.